The quantitative estimate of drug-likeness (QED) is 0.864. The molecular formula is C17H24N4O3. The molecule has 3 amide bonds. The van der Waals surface area contributed by atoms with Crippen molar-refractivity contribution in [1.82, 2.24) is 15.8 Å². The number of hydrogen-bond acceptors (Lipinski definition) is 4. The van der Waals surface area contributed by atoms with Crippen LogP contribution in [0.3, 0.4) is 0 Å². The first-order valence-corrected chi connectivity index (χ1v) is 8.30. The van der Waals surface area contributed by atoms with Gasteiger partial charge in [0, 0.05) is 31.7 Å². The van der Waals surface area contributed by atoms with Crippen LogP contribution in [0.5, 0.6) is 0 Å². The van der Waals surface area contributed by atoms with Crippen molar-refractivity contribution in [2.24, 2.45) is 0 Å². The fourth-order valence-electron chi connectivity index (χ4n) is 2.98. The van der Waals surface area contributed by atoms with E-state index in [-0.39, 0.29) is 18.0 Å². The van der Waals surface area contributed by atoms with Gasteiger partial charge in [-0.25, -0.2) is 9.80 Å². The third-order valence-electron chi connectivity index (χ3n) is 4.53. The molecule has 2 aliphatic heterocycles. The van der Waals surface area contributed by atoms with Crippen LogP contribution in [0.2, 0.25) is 0 Å². The second-order valence-electron chi connectivity index (χ2n) is 6.36. The number of aryl methyl sites for hydroxylation is 2. The molecule has 1 aromatic rings. The molecule has 2 saturated heterocycles. The van der Waals surface area contributed by atoms with E-state index in [0.29, 0.717) is 39.3 Å². The molecule has 1 aromatic carbocycles. The first-order chi connectivity index (χ1) is 11.5. The molecule has 0 aromatic heterocycles. The van der Waals surface area contributed by atoms with Gasteiger partial charge in [-0.3, -0.25) is 10.2 Å². The van der Waals surface area contributed by atoms with E-state index in [4.69, 9.17) is 4.74 Å². The maximum absolute atomic E-state index is 12.3. The summed E-state index contributed by atoms with van der Waals surface area (Å²) < 4.78 is 5.25. The number of nitrogens with one attached hydrogen (secondary N) is 2. The summed E-state index contributed by atoms with van der Waals surface area (Å²) in [5.74, 6) is 0.0370. The Bertz CT molecular complexity index is 628. The highest BCUT2D eigenvalue weighted by Crippen LogP contribution is 2.24. The van der Waals surface area contributed by atoms with E-state index in [0.717, 1.165) is 11.3 Å². The number of benzene rings is 1. The van der Waals surface area contributed by atoms with Gasteiger partial charge in [-0.2, -0.15) is 0 Å². The van der Waals surface area contributed by atoms with Crippen LogP contribution >= 0.6 is 0 Å². The predicted molar refractivity (Wildman–Crippen MR) is 90.7 cm³/mol. The monoisotopic (exact) mass is 332 g/mol. The van der Waals surface area contributed by atoms with Crippen molar-refractivity contribution < 1.29 is 14.3 Å². The van der Waals surface area contributed by atoms with Gasteiger partial charge in [-0.15, -0.1) is 0 Å². The van der Waals surface area contributed by atoms with E-state index in [1.54, 1.807) is 4.90 Å². The maximum Gasteiger partial charge on any atom is 0.329 e. The van der Waals surface area contributed by atoms with Crippen molar-refractivity contribution in [2.45, 2.75) is 26.3 Å². The lowest BCUT2D eigenvalue weighted by atomic mass is 10.1. The standard InChI is InChI=1S/C17H24N4O3/c1-12-3-4-15(9-13(12)2)21-11-14(10-16(21)22)18-17(23)19-20-5-7-24-8-6-20/h3-4,9,14H,5-8,10-11H2,1-2H3,(H2,18,19,23). The number of morpholine rings is 1. The van der Waals surface area contributed by atoms with Crippen LogP contribution in [0.25, 0.3) is 0 Å². The smallest absolute Gasteiger partial charge is 0.329 e. The molecule has 0 bridgehead atoms. The van der Waals surface area contributed by atoms with E-state index >= 15 is 0 Å². The predicted octanol–water partition coefficient (Wildman–Crippen LogP) is 0.955. The van der Waals surface area contributed by atoms with Gasteiger partial charge < -0.3 is 15.0 Å². The van der Waals surface area contributed by atoms with Crippen LogP contribution < -0.4 is 15.6 Å². The van der Waals surface area contributed by atoms with Crippen LogP contribution in [0.1, 0.15) is 17.5 Å². The molecule has 2 N–H and O–H groups in total. The van der Waals surface area contributed by atoms with Crippen molar-refractivity contribution in [3.05, 3.63) is 29.3 Å². The molecule has 3 rings (SSSR count). The Morgan fingerprint density at radius 1 is 1.21 bits per heavy atom. The minimum Gasteiger partial charge on any atom is -0.379 e. The lowest BCUT2D eigenvalue weighted by Crippen LogP contribution is -2.53. The second kappa shape index (κ2) is 7.19. The lowest BCUT2D eigenvalue weighted by molar-refractivity contribution is -0.117. The Morgan fingerprint density at radius 2 is 1.96 bits per heavy atom. The molecule has 7 heteroatoms. The molecule has 0 spiro atoms. The summed E-state index contributed by atoms with van der Waals surface area (Å²) in [6.45, 7) is 7.15. The van der Waals surface area contributed by atoms with Crippen molar-refractivity contribution in [3.63, 3.8) is 0 Å². The largest absolute Gasteiger partial charge is 0.379 e. The number of hydrogen-bond donors (Lipinski definition) is 2. The molecule has 0 aliphatic carbocycles. The highest BCUT2D eigenvalue weighted by molar-refractivity contribution is 5.96. The molecule has 0 radical (unpaired) electrons. The number of ether oxygens (including phenoxy) is 1. The van der Waals surface area contributed by atoms with Gasteiger partial charge in [0.1, 0.15) is 0 Å². The number of amides is 3. The molecule has 1 unspecified atom stereocenters. The molecule has 0 saturated carbocycles. The van der Waals surface area contributed by atoms with E-state index in [1.807, 2.05) is 37.1 Å². The average Bonchev–Trinajstić information content (AvgIpc) is 2.91. The lowest BCUT2D eigenvalue weighted by Gasteiger charge is -2.27. The van der Waals surface area contributed by atoms with E-state index in [2.05, 4.69) is 10.7 Å². The summed E-state index contributed by atoms with van der Waals surface area (Å²) in [6.07, 6.45) is 0.323. The molecule has 130 valence electrons. The Hall–Kier alpha value is -2.12. The van der Waals surface area contributed by atoms with Crippen LogP contribution in [0.15, 0.2) is 18.2 Å². The molecule has 2 fully saturated rings. The van der Waals surface area contributed by atoms with E-state index < -0.39 is 0 Å². The van der Waals surface area contributed by atoms with Crippen molar-refractivity contribution in [2.75, 3.05) is 37.7 Å². The van der Waals surface area contributed by atoms with Gasteiger partial charge in [0.15, 0.2) is 0 Å². The van der Waals surface area contributed by atoms with Crippen molar-refractivity contribution >= 4 is 17.6 Å². The van der Waals surface area contributed by atoms with Gasteiger partial charge >= 0.3 is 6.03 Å². The Morgan fingerprint density at radius 3 is 2.67 bits per heavy atom. The first kappa shape index (κ1) is 16.7. The fourth-order valence-corrected chi connectivity index (χ4v) is 2.98. The minimum absolute atomic E-state index is 0.0370. The van der Waals surface area contributed by atoms with Gasteiger partial charge in [-0.1, -0.05) is 6.07 Å². The minimum atomic E-state index is -0.267. The molecular weight excluding hydrogens is 308 g/mol. The number of anilines is 1. The highest BCUT2D eigenvalue weighted by Gasteiger charge is 2.32. The number of carbonyl (C=O) groups excluding carboxylic acids is 2. The highest BCUT2D eigenvalue weighted by atomic mass is 16.5. The number of carbonyl (C=O) groups is 2. The van der Waals surface area contributed by atoms with Gasteiger partial charge in [0.25, 0.3) is 0 Å². The molecule has 24 heavy (non-hydrogen) atoms. The molecule has 2 heterocycles. The number of urea groups is 1. The summed E-state index contributed by atoms with van der Waals surface area (Å²) in [4.78, 5) is 26.1. The van der Waals surface area contributed by atoms with E-state index in [1.165, 1.54) is 5.56 Å². The Balaban J connectivity index is 1.56. The van der Waals surface area contributed by atoms with Gasteiger partial charge in [0.05, 0.1) is 19.3 Å². The number of rotatable bonds is 3. The zero-order valence-electron chi connectivity index (χ0n) is 14.2. The van der Waals surface area contributed by atoms with E-state index in [9.17, 15) is 9.59 Å². The van der Waals surface area contributed by atoms with Crippen LogP contribution in [-0.4, -0.2) is 55.8 Å². The number of nitrogens with zero attached hydrogens (tertiary/aromatic N) is 2. The summed E-state index contributed by atoms with van der Waals surface area (Å²) in [5.41, 5.74) is 6.05. The van der Waals surface area contributed by atoms with Gasteiger partial charge in [0.2, 0.25) is 5.91 Å². The van der Waals surface area contributed by atoms with Crippen molar-refractivity contribution in [1.29, 1.82) is 0 Å². The summed E-state index contributed by atoms with van der Waals surface area (Å²) in [5, 5.41) is 4.72. The SMILES string of the molecule is Cc1ccc(N2CC(NC(=O)NN3CCOCC3)CC2=O)cc1C. The van der Waals surface area contributed by atoms with Crippen LogP contribution in [0.4, 0.5) is 10.5 Å². The maximum atomic E-state index is 12.3. The summed E-state index contributed by atoms with van der Waals surface area (Å²) >= 11 is 0. The normalized spacial score (nSPS) is 21.8. The zero-order valence-corrected chi connectivity index (χ0v) is 14.2. The van der Waals surface area contributed by atoms with Gasteiger partial charge in [-0.05, 0) is 37.1 Å². The summed E-state index contributed by atoms with van der Waals surface area (Å²) in [6, 6.07) is 5.54. The van der Waals surface area contributed by atoms with Crippen LogP contribution in [-0.2, 0) is 9.53 Å². The zero-order chi connectivity index (χ0) is 17.1. The topological polar surface area (TPSA) is 73.9 Å². The van der Waals surface area contributed by atoms with Crippen LogP contribution in [0, 0.1) is 13.8 Å². The third-order valence-corrected chi connectivity index (χ3v) is 4.53. The first-order valence-electron chi connectivity index (χ1n) is 8.30. The number of hydrazine groups is 1. The van der Waals surface area contributed by atoms with Crippen molar-refractivity contribution in [3.8, 4) is 0 Å². The second-order valence-corrected chi connectivity index (χ2v) is 6.36. The third kappa shape index (κ3) is 3.85. The molecule has 2 aliphatic rings. The Kier molecular flexibility index (Phi) is 5.01. The fraction of sp³-hybridized carbons (Fsp3) is 0.529. The molecule has 1 atom stereocenters. The molecule has 7 nitrogen and oxygen atoms in total. The average molecular weight is 332 g/mol. The summed E-state index contributed by atoms with van der Waals surface area (Å²) in [7, 11) is 0. The Labute approximate surface area is 141 Å².